The van der Waals surface area contributed by atoms with Crippen LogP contribution in [0.25, 0.3) is 0 Å². The van der Waals surface area contributed by atoms with Crippen LogP contribution in [0.5, 0.6) is 0 Å². The van der Waals surface area contributed by atoms with Crippen molar-refractivity contribution in [1.29, 1.82) is 0 Å². The summed E-state index contributed by atoms with van der Waals surface area (Å²) < 4.78 is 5.74. The van der Waals surface area contributed by atoms with Gasteiger partial charge in [-0.25, -0.2) is 0 Å². The molecule has 0 aliphatic heterocycles. The molecule has 0 aromatic rings. The van der Waals surface area contributed by atoms with Gasteiger partial charge >= 0.3 is 0 Å². The Bertz CT molecular complexity index is 145. The minimum absolute atomic E-state index is 0.386. The van der Waals surface area contributed by atoms with Gasteiger partial charge in [-0.2, -0.15) is 0 Å². The van der Waals surface area contributed by atoms with Crippen LogP contribution in [0.3, 0.4) is 0 Å². The van der Waals surface area contributed by atoms with E-state index in [-0.39, 0.29) is 0 Å². The van der Waals surface area contributed by atoms with Crippen molar-refractivity contribution in [2.24, 2.45) is 0 Å². The first kappa shape index (κ1) is 13.0. The normalized spacial score (nSPS) is 18.0. The Kier molecular flexibility index (Phi) is 7.03. The Balaban J connectivity index is 1.77. The summed E-state index contributed by atoms with van der Waals surface area (Å²) >= 11 is 0. The minimum Gasteiger partial charge on any atom is -0.377 e. The molecule has 1 aliphatic carbocycles. The van der Waals surface area contributed by atoms with E-state index in [9.17, 15) is 0 Å². The molecule has 1 aliphatic rings. The van der Waals surface area contributed by atoms with E-state index in [1.165, 1.54) is 44.9 Å². The third kappa shape index (κ3) is 7.80. The van der Waals surface area contributed by atoms with Crippen molar-refractivity contribution in [3.63, 3.8) is 0 Å². The fourth-order valence-corrected chi connectivity index (χ4v) is 1.67. The zero-order valence-electron chi connectivity index (χ0n) is 10.4. The lowest BCUT2D eigenvalue weighted by atomic mass is 10.2. The Morgan fingerprint density at radius 2 is 1.93 bits per heavy atom. The van der Waals surface area contributed by atoms with Crippen LogP contribution in [0, 0.1) is 0 Å². The van der Waals surface area contributed by atoms with Crippen molar-refractivity contribution in [2.75, 3.05) is 13.2 Å². The summed E-state index contributed by atoms with van der Waals surface area (Å²) in [5, 5.41) is 3.49. The molecule has 0 amide bonds. The van der Waals surface area contributed by atoms with Gasteiger partial charge in [-0.1, -0.05) is 32.6 Å². The Morgan fingerprint density at radius 1 is 1.20 bits per heavy atom. The molecule has 0 aromatic carbocycles. The van der Waals surface area contributed by atoms with Gasteiger partial charge in [0, 0.05) is 19.2 Å². The molecule has 1 saturated carbocycles. The summed E-state index contributed by atoms with van der Waals surface area (Å²) in [4.78, 5) is 0. The molecule has 15 heavy (non-hydrogen) atoms. The van der Waals surface area contributed by atoms with Crippen LogP contribution in [-0.2, 0) is 4.74 Å². The topological polar surface area (TPSA) is 21.3 Å². The van der Waals surface area contributed by atoms with Gasteiger partial charge in [0.15, 0.2) is 0 Å². The number of ether oxygens (including phenoxy) is 1. The second kappa shape index (κ2) is 8.12. The molecule has 1 rings (SSSR count). The average Bonchev–Trinajstić information content (AvgIpc) is 3.04. The van der Waals surface area contributed by atoms with E-state index in [1.807, 2.05) is 0 Å². The van der Waals surface area contributed by atoms with Crippen LogP contribution in [0.4, 0.5) is 0 Å². The molecule has 90 valence electrons. The largest absolute Gasteiger partial charge is 0.377 e. The molecular weight excluding hydrogens is 186 g/mol. The molecule has 0 saturated heterocycles. The van der Waals surface area contributed by atoms with Crippen LogP contribution in [0.1, 0.15) is 58.8 Å². The quantitative estimate of drug-likeness (QED) is 0.563. The second-order valence-corrected chi connectivity index (χ2v) is 4.78. The first-order valence-electron chi connectivity index (χ1n) is 6.68. The lowest BCUT2D eigenvalue weighted by Gasteiger charge is -2.13. The number of nitrogens with one attached hydrogen (secondary N) is 1. The maximum Gasteiger partial charge on any atom is 0.0671 e. The van der Waals surface area contributed by atoms with E-state index >= 15 is 0 Å². The number of unbranched alkanes of at least 4 members (excludes halogenated alkanes) is 4. The van der Waals surface area contributed by atoms with E-state index in [4.69, 9.17) is 4.74 Å². The standard InChI is InChI=1S/C13H27NO/c1-3-4-5-6-7-10-15-12(2)11-14-13-8-9-13/h12-14H,3-11H2,1-2H3. The Hall–Kier alpha value is -0.0800. The fourth-order valence-electron chi connectivity index (χ4n) is 1.67. The van der Waals surface area contributed by atoms with Gasteiger partial charge in [-0.05, 0) is 26.2 Å². The van der Waals surface area contributed by atoms with Crippen LogP contribution in [0.2, 0.25) is 0 Å². The first-order chi connectivity index (χ1) is 7.33. The van der Waals surface area contributed by atoms with Crippen molar-refractivity contribution in [1.82, 2.24) is 5.32 Å². The third-order valence-electron chi connectivity index (χ3n) is 2.92. The Labute approximate surface area is 94.8 Å². The molecule has 2 heteroatoms. The third-order valence-corrected chi connectivity index (χ3v) is 2.92. The van der Waals surface area contributed by atoms with Gasteiger partial charge in [-0.15, -0.1) is 0 Å². The van der Waals surface area contributed by atoms with E-state index in [2.05, 4.69) is 19.2 Å². The first-order valence-corrected chi connectivity index (χ1v) is 6.68. The van der Waals surface area contributed by atoms with Crippen LogP contribution in [0.15, 0.2) is 0 Å². The molecule has 0 aromatic heterocycles. The van der Waals surface area contributed by atoms with E-state index < -0.39 is 0 Å². The molecule has 1 N–H and O–H groups in total. The van der Waals surface area contributed by atoms with Crippen LogP contribution < -0.4 is 5.32 Å². The maximum atomic E-state index is 5.74. The summed E-state index contributed by atoms with van der Waals surface area (Å²) in [7, 11) is 0. The average molecular weight is 213 g/mol. The lowest BCUT2D eigenvalue weighted by Crippen LogP contribution is -2.28. The zero-order chi connectivity index (χ0) is 10.9. The van der Waals surface area contributed by atoms with Crippen LogP contribution >= 0.6 is 0 Å². The summed E-state index contributed by atoms with van der Waals surface area (Å²) in [6, 6.07) is 0.806. The van der Waals surface area contributed by atoms with E-state index in [0.717, 1.165) is 19.2 Å². The lowest BCUT2D eigenvalue weighted by molar-refractivity contribution is 0.0628. The summed E-state index contributed by atoms with van der Waals surface area (Å²) in [6.07, 6.45) is 9.74. The molecule has 0 radical (unpaired) electrons. The number of hydrogen-bond donors (Lipinski definition) is 1. The van der Waals surface area contributed by atoms with Gasteiger partial charge < -0.3 is 10.1 Å². The molecule has 0 bridgehead atoms. The van der Waals surface area contributed by atoms with Crippen molar-refractivity contribution in [2.45, 2.75) is 70.9 Å². The highest BCUT2D eigenvalue weighted by Crippen LogP contribution is 2.18. The summed E-state index contributed by atoms with van der Waals surface area (Å²) in [5.74, 6) is 0. The molecule has 2 nitrogen and oxygen atoms in total. The predicted molar refractivity (Wildman–Crippen MR) is 65.2 cm³/mol. The van der Waals surface area contributed by atoms with E-state index in [1.54, 1.807) is 0 Å². The maximum absolute atomic E-state index is 5.74. The van der Waals surface area contributed by atoms with Crippen molar-refractivity contribution < 1.29 is 4.74 Å². The fraction of sp³-hybridized carbons (Fsp3) is 1.00. The molecule has 1 fully saturated rings. The summed E-state index contributed by atoms with van der Waals surface area (Å²) in [6.45, 7) is 6.39. The van der Waals surface area contributed by atoms with Crippen molar-refractivity contribution >= 4 is 0 Å². The van der Waals surface area contributed by atoms with Gasteiger partial charge in [0.2, 0.25) is 0 Å². The van der Waals surface area contributed by atoms with Gasteiger partial charge in [0.25, 0.3) is 0 Å². The Morgan fingerprint density at radius 3 is 2.60 bits per heavy atom. The smallest absolute Gasteiger partial charge is 0.0671 e. The van der Waals surface area contributed by atoms with Gasteiger partial charge in [0.05, 0.1) is 6.10 Å². The zero-order valence-corrected chi connectivity index (χ0v) is 10.4. The van der Waals surface area contributed by atoms with Crippen molar-refractivity contribution in [3.05, 3.63) is 0 Å². The highest BCUT2D eigenvalue weighted by atomic mass is 16.5. The predicted octanol–water partition coefficient (Wildman–Crippen LogP) is 3.11. The molecular formula is C13H27NO. The van der Waals surface area contributed by atoms with Gasteiger partial charge in [0.1, 0.15) is 0 Å². The van der Waals surface area contributed by atoms with Crippen LogP contribution in [-0.4, -0.2) is 25.3 Å². The van der Waals surface area contributed by atoms with Gasteiger partial charge in [-0.3, -0.25) is 0 Å². The molecule has 1 atom stereocenters. The summed E-state index contributed by atoms with van der Waals surface area (Å²) in [5.41, 5.74) is 0. The monoisotopic (exact) mass is 213 g/mol. The molecule has 0 heterocycles. The molecule has 1 unspecified atom stereocenters. The van der Waals surface area contributed by atoms with Crippen molar-refractivity contribution in [3.8, 4) is 0 Å². The number of hydrogen-bond acceptors (Lipinski definition) is 2. The highest BCUT2D eigenvalue weighted by molar-refractivity contribution is 4.81. The molecule has 0 spiro atoms. The SMILES string of the molecule is CCCCCCCOC(C)CNC1CC1. The number of rotatable bonds is 10. The second-order valence-electron chi connectivity index (χ2n) is 4.78. The minimum atomic E-state index is 0.386. The van der Waals surface area contributed by atoms with E-state index in [0.29, 0.717) is 6.10 Å². The highest BCUT2D eigenvalue weighted by Gasteiger charge is 2.20.